The molecule has 2 rings (SSSR count). The molecular weight excluding hydrogens is 340 g/mol. The molecule has 122 valence electrons. The number of hydrogen-bond acceptors (Lipinski definition) is 5. The van der Waals surface area contributed by atoms with E-state index >= 15 is 0 Å². The third-order valence-electron chi connectivity index (χ3n) is 2.69. The predicted molar refractivity (Wildman–Crippen MR) is 86.4 cm³/mol. The lowest BCUT2D eigenvalue weighted by molar-refractivity contribution is -0.384. The summed E-state index contributed by atoms with van der Waals surface area (Å²) in [6.45, 7) is 1.98. The maximum atomic E-state index is 12.3. The van der Waals surface area contributed by atoms with Crippen molar-refractivity contribution < 1.29 is 17.5 Å². The Hall–Kier alpha value is -2.10. The van der Waals surface area contributed by atoms with Crippen molar-refractivity contribution in [2.24, 2.45) is 3.77 Å². The van der Waals surface area contributed by atoms with E-state index < -0.39 is 25.9 Å². The van der Waals surface area contributed by atoms with Gasteiger partial charge >= 0.3 is 0 Å². The molecule has 2 aromatic carbocycles. The number of nitrogens with zero attached hydrogens (tertiary/aromatic N) is 2. The van der Waals surface area contributed by atoms with Crippen LogP contribution in [0.25, 0.3) is 0 Å². The zero-order valence-corrected chi connectivity index (χ0v) is 13.8. The van der Waals surface area contributed by atoms with Gasteiger partial charge in [0.2, 0.25) is 0 Å². The molecule has 0 fully saturated rings. The number of nitro groups is 1. The fourth-order valence-corrected chi connectivity index (χ4v) is 4.46. The zero-order chi connectivity index (χ0) is 16.9. The van der Waals surface area contributed by atoms with Gasteiger partial charge in [-0.05, 0) is 31.2 Å². The third-order valence-corrected chi connectivity index (χ3v) is 6.01. The highest BCUT2D eigenvalue weighted by Crippen LogP contribution is 2.20. The molecule has 0 saturated carbocycles. The van der Waals surface area contributed by atoms with Crippen LogP contribution in [0.3, 0.4) is 0 Å². The number of benzene rings is 2. The van der Waals surface area contributed by atoms with Crippen molar-refractivity contribution in [3.8, 4) is 0 Å². The van der Waals surface area contributed by atoms with Crippen LogP contribution in [-0.2, 0) is 25.2 Å². The Morgan fingerprint density at radius 1 is 1.13 bits per heavy atom. The number of rotatable bonds is 6. The SMILES string of the molecule is CCO[S@](=NS(=O)(=O)c1ccccc1)c1ccc([N+](=O)[O-])cc1. The lowest BCUT2D eigenvalue weighted by Crippen LogP contribution is -2.04. The molecule has 0 saturated heterocycles. The highest BCUT2D eigenvalue weighted by molar-refractivity contribution is 7.98. The van der Waals surface area contributed by atoms with Crippen molar-refractivity contribution in [2.45, 2.75) is 16.7 Å². The molecule has 2 aromatic rings. The van der Waals surface area contributed by atoms with Gasteiger partial charge in [0.05, 0.1) is 27.4 Å². The molecule has 23 heavy (non-hydrogen) atoms. The summed E-state index contributed by atoms with van der Waals surface area (Å²) in [5.41, 5.74) is -0.0836. The van der Waals surface area contributed by atoms with E-state index in [1.54, 1.807) is 25.1 Å². The molecule has 0 aliphatic carbocycles. The fourth-order valence-electron chi connectivity index (χ4n) is 1.65. The zero-order valence-electron chi connectivity index (χ0n) is 12.2. The van der Waals surface area contributed by atoms with Gasteiger partial charge in [-0.25, -0.2) is 0 Å². The molecule has 0 radical (unpaired) electrons. The number of hydrogen-bond donors (Lipinski definition) is 0. The first-order chi connectivity index (χ1) is 10.9. The Labute approximate surface area is 136 Å². The topological polar surface area (TPSA) is 98.9 Å². The molecule has 0 N–H and O–H groups in total. The van der Waals surface area contributed by atoms with Gasteiger partial charge in [-0.15, -0.1) is 3.77 Å². The van der Waals surface area contributed by atoms with E-state index in [0.717, 1.165) is 0 Å². The predicted octanol–water partition coefficient (Wildman–Crippen LogP) is 3.10. The lowest BCUT2D eigenvalue weighted by atomic mass is 10.3. The second-order valence-corrected chi connectivity index (χ2v) is 7.49. The average molecular weight is 354 g/mol. The van der Waals surface area contributed by atoms with E-state index in [-0.39, 0.29) is 17.2 Å². The quantitative estimate of drug-likeness (QED) is 0.586. The Balaban J connectivity index is 2.43. The van der Waals surface area contributed by atoms with Crippen molar-refractivity contribution in [1.82, 2.24) is 0 Å². The van der Waals surface area contributed by atoms with E-state index in [0.29, 0.717) is 4.90 Å². The van der Waals surface area contributed by atoms with Gasteiger partial charge in [0.25, 0.3) is 15.7 Å². The maximum Gasteiger partial charge on any atom is 0.290 e. The molecule has 9 heteroatoms. The second-order valence-electron chi connectivity index (χ2n) is 4.27. The highest BCUT2D eigenvalue weighted by atomic mass is 32.3. The van der Waals surface area contributed by atoms with E-state index in [1.807, 2.05) is 0 Å². The summed E-state index contributed by atoms with van der Waals surface area (Å²) in [6, 6.07) is 13.3. The maximum absolute atomic E-state index is 12.3. The minimum absolute atomic E-state index is 0.0686. The van der Waals surface area contributed by atoms with Crippen LogP contribution in [0.2, 0.25) is 0 Å². The highest BCUT2D eigenvalue weighted by Gasteiger charge is 2.16. The van der Waals surface area contributed by atoms with Gasteiger partial charge in [0, 0.05) is 17.0 Å². The molecule has 0 spiro atoms. The van der Waals surface area contributed by atoms with E-state index in [4.69, 9.17) is 4.18 Å². The minimum Gasteiger partial charge on any atom is -0.302 e. The molecule has 0 heterocycles. The van der Waals surface area contributed by atoms with Crippen molar-refractivity contribution in [1.29, 1.82) is 0 Å². The summed E-state index contributed by atoms with van der Waals surface area (Å²) in [5, 5.41) is 10.7. The van der Waals surface area contributed by atoms with Gasteiger partial charge in [0.1, 0.15) is 0 Å². The Bertz CT molecular complexity index is 818. The van der Waals surface area contributed by atoms with Gasteiger partial charge in [0.15, 0.2) is 0 Å². The molecular formula is C14H14N2O5S2. The van der Waals surface area contributed by atoms with Gasteiger partial charge < -0.3 is 4.18 Å². The summed E-state index contributed by atoms with van der Waals surface area (Å²) in [6.07, 6.45) is 0. The average Bonchev–Trinajstić information content (AvgIpc) is 2.55. The summed E-state index contributed by atoms with van der Waals surface area (Å²) >= 11 is 0. The summed E-state index contributed by atoms with van der Waals surface area (Å²) in [4.78, 5) is 10.7. The summed E-state index contributed by atoms with van der Waals surface area (Å²) in [5.74, 6) is 0. The third kappa shape index (κ3) is 4.44. The van der Waals surface area contributed by atoms with Crippen molar-refractivity contribution >= 4 is 26.7 Å². The van der Waals surface area contributed by atoms with Crippen LogP contribution in [-0.4, -0.2) is 19.9 Å². The fraction of sp³-hybridized carbons (Fsp3) is 0.143. The van der Waals surface area contributed by atoms with Gasteiger partial charge in [-0.1, -0.05) is 18.2 Å². The largest absolute Gasteiger partial charge is 0.302 e. The lowest BCUT2D eigenvalue weighted by Gasteiger charge is -2.07. The first-order valence-corrected chi connectivity index (χ1v) is 9.14. The molecule has 0 bridgehead atoms. The van der Waals surface area contributed by atoms with Crippen LogP contribution in [0, 0.1) is 10.1 Å². The minimum atomic E-state index is -3.88. The van der Waals surface area contributed by atoms with Crippen LogP contribution in [0.5, 0.6) is 0 Å². The van der Waals surface area contributed by atoms with Crippen LogP contribution in [0.15, 0.2) is 68.2 Å². The van der Waals surface area contributed by atoms with Crippen molar-refractivity contribution in [3.63, 3.8) is 0 Å². The molecule has 0 amide bonds. The normalized spacial score (nSPS) is 12.9. The number of nitro benzene ring substituents is 1. The monoisotopic (exact) mass is 354 g/mol. The summed E-state index contributed by atoms with van der Waals surface area (Å²) < 4.78 is 33.9. The van der Waals surface area contributed by atoms with Gasteiger partial charge in [-0.2, -0.15) is 8.42 Å². The Kier molecular flexibility index (Phi) is 5.59. The van der Waals surface area contributed by atoms with Crippen molar-refractivity contribution in [3.05, 3.63) is 64.7 Å². The second kappa shape index (κ2) is 7.44. The van der Waals surface area contributed by atoms with Gasteiger partial charge in [-0.3, -0.25) is 10.1 Å². The van der Waals surface area contributed by atoms with Crippen LogP contribution >= 0.6 is 0 Å². The van der Waals surface area contributed by atoms with E-state index in [1.165, 1.54) is 36.4 Å². The van der Waals surface area contributed by atoms with Crippen molar-refractivity contribution in [2.75, 3.05) is 6.61 Å². The standard InChI is InChI=1S/C14H14N2O5S2/c1-2-21-22(13-10-8-12(9-11-13)16(17)18)15-23(19,20)14-6-4-3-5-7-14/h3-11H,2H2,1H3/t22-/m0/s1. The van der Waals surface area contributed by atoms with E-state index in [2.05, 4.69) is 3.77 Å². The smallest absolute Gasteiger partial charge is 0.290 e. The van der Waals surface area contributed by atoms with Crippen LogP contribution < -0.4 is 0 Å². The summed E-state index contributed by atoms with van der Waals surface area (Å²) in [7, 11) is -5.24. The molecule has 0 unspecified atom stereocenters. The number of non-ortho nitro benzene ring substituents is 1. The molecule has 0 aliphatic heterocycles. The Morgan fingerprint density at radius 3 is 2.26 bits per heavy atom. The first kappa shape index (κ1) is 17.3. The molecule has 0 aromatic heterocycles. The molecule has 7 nitrogen and oxygen atoms in total. The number of sulfonamides is 1. The Morgan fingerprint density at radius 2 is 1.74 bits per heavy atom. The molecule has 0 aliphatic rings. The van der Waals surface area contributed by atoms with Crippen LogP contribution in [0.4, 0.5) is 5.69 Å². The van der Waals surface area contributed by atoms with Crippen LogP contribution in [0.1, 0.15) is 6.92 Å². The molecule has 1 atom stereocenters. The van der Waals surface area contributed by atoms with E-state index in [9.17, 15) is 18.5 Å². The first-order valence-electron chi connectivity index (χ1n) is 6.59.